The first-order valence-corrected chi connectivity index (χ1v) is 6.97. The minimum absolute atomic E-state index is 0.259. The number of carbonyl (C=O) groups is 1. The van der Waals surface area contributed by atoms with Gasteiger partial charge in [-0.2, -0.15) is 0 Å². The van der Waals surface area contributed by atoms with Crippen LogP contribution in [0.3, 0.4) is 0 Å². The van der Waals surface area contributed by atoms with E-state index in [1.807, 2.05) is 0 Å². The van der Waals surface area contributed by atoms with Gasteiger partial charge in [-0.25, -0.2) is 0 Å². The molecule has 2 aliphatic carbocycles. The van der Waals surface area contributed by atoms with Crippen molar-refractivity contribution in [1.29, 1.82) is 0 Å². The summed E-state index contributed by atoms with van der Waals surface area (Å²) < 4.78 is 0. The van der Waals surface area contributed by atoms with Crippen LogP contribution in [0.2, 0.25) is 0 Å². The van der Waals surface area contributed by atoms with Gasteiger partial charge in [-0.15, -0.1) is 0 Å². The summed E-state index contributed by atoms with van der Waals surface area (Å²) in [5.74, 6) is 0.678. The summed E-state index contributed by atoms with van der Waals surface area (Å²) in [7, 11) is 0. The third-order valence-electron chi connectivity index (χ3n) is 5.74. The van der Waals surface area contributed by atoms with Crippen molar-refractivity contribution >= 4 is 5.78 Å². The smallest absolute Gasteiger partial charge is 0.133 e. The van der Waals surface area contributed by atoms with Gasteiger partial charge in [0, 0.05) is 5.92 Å². The largest absolute Gasteiger partial charge is 0.300 e. The highest BCUT2D eigenvalue weighted by molar-refractivity contribution is 5.79. The van der Waals surface area contributed by atoms with Gasteiger partial charge in [0.05, 0.1) is 0 Å². The number of Topliss-reactive ketones (excluding diaryl/α,β-unsaturated/α-hetero) is 1. The van der Waals surface area contributed by atoms with Crippen LogP contribution in [0.15, 0.2) is 11.1 Å². The SMILES string of the molecule is CC(=O)C1CCC2=C(C1)C(C)(C)C(C)(C)CC2. The molecule has 1 heteroatoms. The lowest BCUT2D eigenvalue weighted by Crippen LogP contribution is -2.40. The number of ketones is 1. The molecule has 0 aromatic rings. The van der Waals surface area contributed by atoms with Crippen molar-refractivity contribution in [3.05, 3.63) is 11.1 Å². The maximum atomic E-state index is 11.6. The third kappa shape index (κ3) is 1.98. The maximum absolute atomic E-state index is 11.6. The van der Waals surface area contributed by atoms with Crippen molar-refractivity contribution in [3.63, 3.8) is 0 Å². The number of allylic oxidation sites excluding steroid dienone is 2. The van der Waals surface area contributed by atoms with E-state index in [0.29, 0.717) is 17.1 Å². The van der Waals surface area contributed by atoms with Crippen molar-refractivity contribution < 1.29 is 4.79 Å². The van der Waals surface area contributed by atoms with Crippen LogP contribution in [0, 0.1) is 16.7 Å². The van der Waals surface area contributed by atoms with Crippen molar-refractivity contribution in [2.75, 3.05) is 0 Å². The van der Waals surface area contributed by atoms with Crippen LogP contribution in [0.4, 0.5) is 0 Å². The number of hydrogen-bond donors (Lipinski definition) is 0. The average Bonchev–Trinajstić information content (AvgIpc) is 2.24. The average molecular weight is 234 g/mol. The van der Waals surface area contributed by atoms with Crippen LogP contribution in [0.1, 0.15) is 66.7 Å². The van der Waals surface area contributed by atoms with Gasteiger partial charge in [0.2, 0.25) is 0 Å². The van der Waals surface area contributed by atoms with E-state index in [-0.39, 0.29) is 5.41 Å². The first-order chi connectivity index (χ1) is 7.75. The van der Waals surface area contributed by atoms with Crippen molar-refractivity contribution in [3.8, 4) is 0 Å². The summed E-state index contributed by atoms with van der Waals surface area (Å²) in [5, 5.41) is 0. The Labute approximate surface area is 106 Å². The van der Waals surface area contributed by atoms with Gasteiger partial charge in [0.25, 0.3) is 0 Å². The molecule has 0 spiro atoms. The minimum atomic E-state index is 0.259. The van der Waals surface area contributed by atoms with Crippen molar-refractivity contribution in [1.82, 2.24) is 0 Å². The first-order valence-electron chi connectivity index (χ1n) is 6.97. The predicted octanol–water partition coefficient (Wildman–Crippen LogP) is 4.52. The van der Waals surface area contributed by atoms with Crippen molar-refractivity contribution in [2.24, 2.45) is 16.7 Å². The lowest BCUT2D eigenvalue weighted by atomic mass is 9.54. The highest BCUT2D eigenvalue weighted by atomic mass is 16.1. The second kappa shape index (κ2) is 3.96. The first kappa shape index (κ1) is 12.9. The Bertz CT molecular complexity index is 371. The Morgan fingerprint density at radius 1 is 1.18 bits per heavy atom. The normalized spacial score (nSPS) is 31.0. The predicted molar refractivity (Wildman–Crippen MR) is 71.8 cm³/mol. The van der Waals surface area contributed by atoms with E-state index in [4.69, 9.17) is 0 Å². The molecule has 1 nitrogen and oxygen atoms in total. The van der Waals surface area contributed by atoms with Gasteiger partial charge in [-0.05, 0) is 49.9 Å². The second-order valence-electron chi connectivity index (χ2n) is 7.14. The van der Waals surface area contributed by atoms with E-state index in [9.17, 15) is 4.79 Å². The molecule has 0 aromatic carbocycles. The highest BCUT2D eigenvalue weighted by Crippen LogP contribution is 2.56. The minimum Gasteiger partial charge on any atom is -0.300 e. The third-order valence-corrected chi connectivity index (χ3v) is 5.74. The molecule has 0 fully saturated rings. The van der Waals surface area contributed by atoms with Gasteiger partial charge in [-0.3, -0.25) is 4.79 Å². The molecule has 0 radical (unpaired) electrons. The fourth-order valence-corrected chi connectivity index (χ4v) is 3.50. The van der Waals surface area contributed by atoms with Crippen LogP contribution in [0.25, 0.3) is 0 Å². The van der Waals surface area contributed by atoms with Crippen LogP contribution >= 0.6 is 0 Å². The summed E-state index contributed by atoms with van der Waals surface area (Å²) in [6.07, 6.45) is 5.84. The van der Waals surface area contributed by atoms with Crippen LogP contribution < -0.4 is 0 Å². The summed E-state index contributed by atoms with van der Waals surface area (Å²) >= 11 is 0. The molecule has 2 rings (SSSR count). The standard InChI is InChI=1S/C16H26O/c1-11(17)13-7-6-12-8-9-15(2,3)16(4,5)14(12)10-13/h13H,6-10H2,1-5H3. The molecule has 0 amide bonds. The second-order valence-corrected chi connectivity index (χ2v) is 7.14. The molecule has 0 N–H and O–H groups in total. The summed E-state index contributed by atoms with van der Waals surface area (Å²) in [4.78, 5) is 11.6. The quantitative estimate of drug-likeness (QED) is 0.610. The van der Waals surface area contributed by atoms with E-state index in [0.717, 1.165) is 12.8 Å². The monoisotopic (exact) mass is 234 g/mol. The van der Waals surface area contributed by atoms with Gasteiger partial charge in [-0.1, -0.05) is 38.8 Å². The van der Waals surface area contributed by atoms with Gasteiger partial charge in [0.1, 0.15) is 5.78 Å². The highest BCUT2D eigenvalue weighted by Gasteiger charge is 2.45. The summed E-state index contributed by atoms with van der Waals surface area (Å²) in [6.45, 7) is 11.3. The Balaban J connectivity index is 2.35. The molecule has 17 heavy (non-hydrogen) atoms. The maximum Gasteiger partial charge on any atom is 0.133 e. The lowest BCUT2D eigenvalue weighted by Gasteiger charge is -2.50. The van der Waals surface area contributed by atoms with Gasteiger partial charge >= 0.3 is 0 Å². The molecule has 0 saturated heterocycles. The number of rotatable bonds is 1. The van der Waals surface area contributed by atoms with Crippen LogP contribution in [-0.2, 0) is 4.79 Å². The molecule has 0 heterocycles. The number of hydrogen-bond acceptors (Lipinski definition) is 1. The van der Waals surface area contributed by atoms with E-state index < -0.39 is 0 Å². The van der Waals surface area contributed by atoms with E-state index in [2.05, 4.69) is 27.7 Å². The molecule has 0 aliphatic heterocycles. The summed E-state index contributed by atoms with van der Waals surface area (Å²) in [5.41, 5.74) is 3.91. The molecule has 0 saturated carbocycles. The van der Waals surface area contributed by atoms with Gasteiger partial charge in [0.15, 0.2) is 0 Å². The lowest BCUT2D eigenvalue weighted by molar-refractivity contribution is -0.121. The topological polar surface area (TPSA) is 17.1 Å². The van der Waals surface area contributed by atoms with E-state index >= 15 is 0 Å². The van der Waals surface area contributed by atoms with E-state index in [1.54, 1.807) is 18.1 Å². The van der Waals surface area contributed by atoms with Crippen molar-refractivity contribution in [2.45, 2.75) is 66.7 Å². The molecule has 1 unspecified atom stereocenters. The molecule has 96 valence electrons. The Hall–Kier alpha value is -0.590. The zero-order valence-corrected chi connectivity index (χ0v) is 12.0. The Morgan fingerprint density at radius 3 is 2.41 bits per heavy atom. The van der Waals surface area contributed by atoms with Gasteiger partial charge < -0.3 is 0 Å². The molecular formula is C16H26O. The Morgan fingerprint density at radius 2 is 1.82 bits per heavy atom. The molecule has 2 aliphatic rings. The van der Waals surface area contributed by atoms with Crippen LogP contribution in [0.5, 0.6) is 0 Å². The summed E-state index contributed by atoms with van der Waals surface area (Å²) in [6, 6.07) is 0. The fourth-order valence-electron chi connectivity index (χ4n) is 3.50. The molecule has 1 atom stereocenters. The zero-order valence-electron chi connectivity index (χ0n) is 12.0. The molecule has 0 aromatic heterocycles. The van der Waals surface area contributed by atoms with Crippen LogP contribution in [-0.4, -0.2) is 5.78 Å². The Kier molecular flexibility index (Phi) is 3.00. The molecule has 0 bridgehead atoms. The number of carbonyl (C=O) groups excluding carboxylic acids is 1. The fraction of sp³-hybridized carbons (Fsp3) is 0.812. The van der Waals surface area contributed by atoms with E-state index in [1.165, 1.54) is 19.3 Å². The zero-order chi connectivity index (χ0) is 12.8. The molecular weight excluding hydrogens is 208 g/mol.